The quantitative estimate of drug-likeness (QED) is 0.676. The Hall–Kier alpha value is -1.03. The fraction of sp³-hybridized carbons (Fsp3) is 0.700. The van der Waals surface area contributed by atoms with Gasteiger partial charge >= 0.3 is 0 Å². The van der Waals surface area contributed by atoms with E-state index in [1.807, 2.05) is 6.08 Å². The van der Waals surface area contributed by atoms with Crippen molar-refractivity contribution in [1.29, 1.82) is 0 Å². The van der Waals surface area contributed by atoms with Crippen molar-refractivity contribution in [3.63, 3.8) is 0 Å². The van der Waals surface area contributed by atoms with Crippen molar-refractivity contribution < 1.29 is 9.53 Å². The summed E-state index contributed by atoms with van der Waals surface area (Å²) in [6.07, 6.45) is 6.84. The number of ether oxygens (including phenoxy) is 1. The number of carbonyl (C=O) groups excluding carboxylic acids is 1. The van der Waals surface area contributed by atoms with E-state index in [-0.39, 0.29) is 18.1 Å². The number of carbonyl (C=O) groups is 1. The van der Waals surface area contributed by atoms with E-state index in [4.69, 9.17) is 4.74 Å². The molecule has 2 N–H and O–H groups in total. The fourth-order valence-corrected chi connectivity index (χ4v) is 1.78. The van der Waals surface area contributed by atoms with Crippen molar-refractivity contribution in [3.05, 3.63) is 12.3 Å². The van der Waals surface area contributed by atoms with Crippen LogP contribution in [0.5, 0.6) is 0 Å². The summed E-state index contributed by atoms with van der Waals surface area (Å²) < 4.78 is 5.42. The van der Waals surface area contributed by atoms with Crippen molar-refractivity contribution in [2.24, 2.45) is 0 Å². The molecule has 0 spiro atoms. The molecule has 0 aromatic rings. The van der Waals surface area contributed by atoms with E-state index in [0.717, 1.165) is 25.9 Å². The van der Waals surface area contributed by atoms with Crippen molar-refractivity contribution in [1.82, 2.24) is 10.6 Å². The third-order valence-corrected chi connectivity index (χ3v) is 2.63. The van der Waals surface area contributed by atoms with Gasteiger partial charge < -0.3 is 15.4 Å². The maximum atomic E-state index is 10.9. The second-order valence-electron chi connectivity index (χ2n) is 3.82. The Labute approximate surface area is 83.7 Å². The van der Waals surface area contributed by atoms with Gasteiger partial charge in [-0.15, -0.1) is 0 Å². The zero-order valence-electron chi connectivity index (χ0n) is 8.16. The van der Waals surface area contributed by atoms with Gasteiger partial charge in [-0.05, 0) is 18.9 Å². The van der Waals surface area contributed by atoms with Crippen molar-refractivity contribution in [2.45, 2.75) is 31.4 Å². The van der Waals surface area contributed by atoms with Crippen LogP contribution >= 0.6 is 0 Å². The van der Waals surface area contributed by atoms with Crippen LogP contribution in [0.3, 0.4) is 0 Å². The van der Waals surface area contributed by atoms with Gasteiger partial charge in [0.1, 0.15) is 6.10 Å². The van der Waals surface area contributed by atoms with Crippen LogP contribution in [0.1, 0.15) is 19.3 Å². The minimum absolute atomic E-state index is 0.145. The lowest BCUT2D eigenvalue weighted by Gasteiger charge is -2.21. The first kappa shape index (κ1) is 9.52. The molecule has 2 unspecified atom stereocenters. The van der Waals surface area contributed by atoms with E-state index >= 15 is 0 Å². The summed E-state index contributed by atoms with van der Waals surface area (Å²) in [7, 11) is 0. The molecule has 2 aliphatic heterocycles. The van der Waals surface area contributed by atoms with Crippen LogP contribution in [0.4, 0.5) is 0 Å². The summed E-state index contributed by atoms with van der Waals surface area (Å²) in [4.78, 5) is 10.9. The highest BCUT2D eigenvalue weighted by molar-refractivity contribution is 5.78. The van der Waals surface area contributed by atoms with Gasteiger partial charge in [0.2, 0.25) is 5.91 Å². The molecule has 0 aliphatic carbocycles. The Morgan fingerprint density at radius 1 is 1.64 bits per heavy atom. The highest BCUT2D eigenvalue weighted by Gasteiger charge is 2.22. The summed E-state index contributed by atoms with van der Waals surface area (Å²) in [5.41, 5.74) is 0. The molecule has 1 saturated heterocycles. The van der Waals surface area contributed by atoms with Crippen LogP contribution < -0.4 is 10.6 Å². The van der Waals surface area contributed by atoms with Crippen LogP contribution in [0.25, 0.3) is 0 Å². The Morgan fingerprint density at radius 2 is 2.57 bits per heavy atom. The van der Waals surface area contributed by atoms with E-state index in [1.54, 1.807) is 6.26 Å². The van der Waals surface area contributed by atoms with E-state index in [9.17, 15) is 4.79 Å². The molecule has 0 aromatic heterocycles. The molecular formula is C10H16N2O2. The number of rotatable bonds is 3. The first-order chi connectivity index (χ1) is 6.84. The highest BCUT2D eigenvalue weighted by Crippen LogP contribution is 2.09. The third-order valence-electron chi connectivity index (χ3n) is 2.63. The Balaban J connectivity index is 1.66. The summed E-state index contributed by atoms with van der Waals surface area (Å²) >= 11 is 0. The lowest BCUT2D eigenvalue weighted by atomic mass is 10.1. The normalized spacial score (nSPS) is 31.3. The van der Waals surface area contributed by atoms with Crippen molar-refractivity contribution >= 4 is 5.91 Å². The molecular weight excluding hydrogens is 180 g/mol. The lowest BCUT2D eigenvalue weighted by Crippen LogP contribution is -2.37. The van der Waals surface area contributed by atoms with Crippen molar-refractivity contribution in [2.75, 3.05) is 13.1 Å². The molecule has 2 atom stereocenters. The third kappa shape index (κ3) is 2.48. The van der Waals surface area contributed by atoms with Gasteiger partial charge in [-0.2, -0.15) is 0 Å². The van der Waals surface area contributed by atoms with Crippen LogP contribution in [-0.2, 0) is 9.53 Å². The van der Waals surface area contributed by atoms with Crippen molar-refractivity contribution in [3.8, 4) is 0 Å². The average Bonchev–Trinajstić information content (AvgIpc) is 2.63. The second-order valence-corrected chi connectivity index (χ2v) is 3.82. The van der Waals surface area contributed by atoms with Gasteiger partial charge in [0, 0.05) is 25.6 Å². The van der Waals surface area contributed by atoms with Gasteiger partial charge in [0.25, 0.3) is 0 Å². The molecule has 2 aliphatic rings. The molecule has 2 heterocycles. The van der Waals surface area contributed by atoms with Crippen LogP contribution in [0, 0.1) is 0 Å². The largest absolute Gasteiger partial charge is 0.497 e. The zero-order valence-corrected chi connectivity index (χ0v) is 8.16. The molecule has 2 rings (SSSR count). The minimum atomic E-state index is 0.145. The molecule has 0 radical (unpaired) electrons. The number of hydrogen-bond donors (Lipinski definition) is 2. The van der Waals surface area contributed by atoms with Gasteiger partial charge in [-0.1, -0.05) is 0 Å². The maximum absolute atomic E-state index is 10.9. The van der Waals surface area contributed by atoms with Gasteiger partial charge in [0.05, 0.1) is 6.26 Å². The summed E-state index contributed by atoms with van der Waals surface area (Å²) in [5.74, 6) is 0.145. The predicted octanol–water partition coefficient (Wildman–Crippen LogP) is 0.157. The molecule has 1 amide bonds. The SMILES string of the molecule is O=C1CC(NCC2CCC=CO2)CN1. The molecule has 4 heteroatoms. The minimum Gasteiger partial charge on any atom is -0.497 e. The number of hydrogen-bond acceptors (Lipinski definition) is 3. The predicted molar refractivity (Wildman–Crippen MR) is 52.7 cm³/mol. The standard InChI is InChI=1S/C10H16N2O2/c13-10-5-8(6-12-10)11-7-9-3-1-2-4-14-9/h2,4,8-9,11H,1,3,5-7H2,(H,12,13). The fourth-order valence-electron chi connectivity index (χ4n) is 1.78. The molecule has 14 heavy (non-hydrogen) atoms. The lowest BCUT2D eigenvalue weighted by molar-refractivity contribution is -0.119. The summed E-state index contributed by atoms with van der Waals surface area (Å²) in [6.45, 7) is 1.59. The molecule has 1 fully saturated rings. The van der Waals surface area contributed by atoms with E-state index in [0.29, 0.717) is 6.42 Å². The first-order valence-electron chi connectivity index (χ1n) is 5.15. The van der Waals surface area contributed by atoms with Gasteiger partial charge in [0.15, 0.2) is 0 Å². The van der Waals surface area contributed by atoms with Crippen LogP contribution in [-0.4, -0.2) is 31.1 Å². The molecule has 78 valence electrons. The highest BCUT2D eigenvalue weighted by atomic mass is 16.5. The van der Waals surface area contributed by atoms with E-state index in [1.165, 1.54) is 0 Å². The topological polar surface area (TPSA) is 50.4 Å². The smallest absolute Gasteiger partial charge is 0.221 e. The average molecular weight is 196 g/mol. The first-order valence-corrected chi connectivity index (χ1v) is 5.15. The Morgan fingerprint density at radius 3 is 3.21 bits per heavy atom. The Kier molecular flexibility index (Phi) is 3.03. The zero-order chi connectivity index (χ0) is 9.80. The molecule has 0 saturated carbocycles. The van der Waals surface area contributed by atoms with E-state index < -0.39 is 0 Å². The van der Waals surface area contributed by atoms with Crippen LogP contribution in [0.2, 0.25) is 0 Å². The second kappa shape index (κ2) is 4.46. The molecule has 0 bridgehead atoms. The monoisotopic (exact) mass is 196 g/mol. The van der Waals surface area contributed by atoms with E-state index in [2.05, 4.69) is 10.6 Å². The van der Waals surface area contributed by atoms with Gasteiger partial charge in [-0.3, -0.25) is 4.79 Å². The molecule has 4 nitrogen and oxygen atoms in total. The number of amides is 1. The summed E-state index contributed by atoms with van der Waals surface area (Å²) in [6, 6.07) is 0.289. The van der Waals surface area contributed by atoms with Crippen LogP contribution in [0.15, 0.2) is 12.3 Å². The number of allylic oxidation sites excluding steroid dienone is 1. The maximum Gasteiger partial charge on any atom is 0.221 e. The van der Waals surface area contributed by atoms with Gasteiger partial charge in [-0.25, -0.2) is 0 Å². The molecule has 0 aromatic carbocycles. The number of nitrogens with one attached hydrogen (secondary N) is 2. The Bertz CT molecular complexity index is 236. The summed E-state index contributed by atoms with van der Waals surface area (Å²) in [5, 5.41) is 6.14.